The number of rotatable bonds is 6. The van der Waals surface area contributed by atoms with Crippen LogP contribution in [0, 0.1) is 0 Å². The van der Waals surface area contributed by atoms with Gasteiger partial charge in [0.15, 0.2) is 0 Å². The standard InChI is InChI=1S/C17H21NOS/c1-19-16-6-4-13(5-7-16)14-11-15(12-14)18-9-8-17-3-2-10-20-17/h2-7,10,14-15,18H,8-9,11-12H2,1H3. The van der Waals surface area contributed by atoms with Gasteiger partial charge in [0.1, 0.15) is 5.75 Å². The molecule has 1 aromatic carbocycles. The lowest BCUT2D eigenvalue weighted by molar-refractivity contribution is 0.293. The smallest absolute Gasteiger partial charge is 0.118 e. The van der Waals surface area contributed by atoms with E-state index >= 15 is 0 Å². The van der Waals surface area contributed by atoms with Crippen LogP contribution in [0.5, 0.6) is 5.75 Å². The molecule has 1 heterocycles. The first-order valence-electron chi connectivity index (χ1n) is 7.25. The van der Waals surface area contributed by atoms with Crippen molar-refractivity contribution in [3.05, 3.63) is 52.2 Å². The summed E-state index contributed by atoms with van der Waals surface area (Å²) in [6, 6.07) is 13.6. The largest absolute Gasteiger partial charge is 0.497 e. The molecule has 2 nitrogen and oxygen atoms in total. The lowest BCUT2D eigenvalue weighted by Crippen LogP contribution is -2.40. The van der Waals surface area contributed by atoms with Crippen LogP contribution in [0.15, 0.2) is 41.8 Å². The number of benzene rings is 1. The molecule has 1 aromatic heterocycles. The van der Waals surface area contributed by atoms with Crippen molar-refractivity contribution in [1.29, 1.82) is 0 Å². The molecule has 3 rings (SSSR count). The van der Waals surface area contributed by atoms with Crippen LogP contribution in [0.3, 0.4) is 0 Å². The molecule has 0 radical (unpaired) electrons. The summed E-state index contributed by atoms with van der Waals surface area (Å²) in [7, 11) is 1.71. The van der Waals surface area contributed by atoms with Gasteiger partial charge in [-0.05, 0) is 54.3 Å². The second-order valence-corrected chi connectivity index (χ2v) is 6.45. The van der Waals surface area contributed by atoms with Crippen LogP contribution >= 0.6 is 11.3 Å². The fourth-order valence-electron chi connectivity index (χ4n) is 2.79. The van der Waals surface area contributed by atoms with Gasteiger partial charge in [0.2, 0.25) is 0 Å². The highest BCUT2D eigenvalue weighted by Crippen LogP contribution is 2.37. The van der Waals surface area contributed by atoms with Crippen molar-refractivity contribution in [2.24, 2.45) is 0 Å². The minimum atomic E-state index is 0.696. The van der Waals surface area contributed by atoms with Crippen LogP contribution in [0.4, 0.5) is 0 Å². The van der Waals surface area contributed by atoms with Crippen LogP contribution in [0.25, 0.3) is 0 Å². The van der Waals surface area contributed by atoms with E-state index in [1.807, 2.05) is 11.3 Å². The molecule has 0 spiro atoms. The fourth-order valence-corrected chi connectivity index (χ4v) is 3.50. The van der Waals surface area contributed by atoms with E-state index in [-0.39, 0.29) is 0 Å². The maximum atomic E-state index is 5.20. The van der Waals surface area contributed by atoms with Gasteiger partial charge in [0.25, 0.3) is 0 Å². The van der Waals surface area contributed by atoms with Gasteiger partial charge in [-0.3, -0.25) is 0 Å². The van der Waals surface area contributed by atoms with Crippen LogP contribution in [0.2, 0.25) is 0 Å². The summed E-state index contributed by atoms with van der Waals surface area (Å²) in [4.78, 5) is 1.48. The number of thiophene rings is 1. The molecule has 0 amide bonds. The average molecular weight is 287 g/mol. The molecule has 0 atom stereocenters. The minimum Gasteiger partial charge on any atom is -0.497 e. The summed E-state index contributed by atoms with van der Waals surface area (Å²) in [6.07, 6.45) is 3.68. The first kappa shape index (κ1) is 13.7. The van der Waals surface area contributed by atoms with Crippen molar-refractivity contribution in [2.45, 2.75) is 31.2 Å². The topological polar surface area (TPSA) is 21.3 Å². The van der Waals surface area contributed by atoms with Gasteiger partial charge in [-0.2, -0.15) is 0 Å². The van der Waals surface area contributed by atoms with Gasteiger partial charge >= 0.3 is 0 Å². The Labute approximate surface area is 124 Å². The molecule has 106 valence electrons. The molecule has 20 heavy (non-hydrogen) atoms. The summed E-state index contributed by atoms with van der Waals surface area (Å²) in [6.45, 7) is 1.10. The predicted octanol–water partition coefficient (Wildman–Crippen LogP) is 3.84. The molecule has 1 fully saturated rings. The summed E-state index contributed by atoms with van der Waals surface area (Å²) in [5.74, 6) is 1.67. The summed E-state index contributed by atoms with van der Waals surface area (Å²) in [5.41, 5.74) is 1.45. The van der Waals surface area contributed by atoms with E-state index in [0.717, 1.165) is 24.6 Å². The van der Waals surface area contributed by atoms with Crippen molar-refractivity contribution >= 4 is 11.3 Å². The van der Waals surface area contributed by atoms with E-state index in [1.54, 1.807) is 7.11 Å². The number of methoxy groups -OCH3 is 1. The molecule has 1 N–H and O–H groups in total. The monoisotopic (exact) mass is 287 g/mol. The Kier molecular flexibility index (Phi) is 4.38. The Morgan fingerprint density at radius 2 is 2.00 bits per heavy atom. The molecule has 2 aromatic rings. The quantitative estimate of drug-likeness (QED) is 0.871. The van der Waals surface area contributed by atoms with Crippen LogP contribution < -0.4 is 10.1 Å². The van der Waals surface area contributed by atoms with Gasteiger partial charge < -0.3 is 10.1 Å². The molecule has 0 bridgehead atoms. The number of hydrogen-bond acceptors (Lipinski definition) is 3. The van der Waals surface area contributed by atoms with E-state index in [4.69, 9.17) is 4.74 Å². The van der Waals surface area contributed by atoms with Gasteiger partial charge in [-0.15, -0.1) is 11.3 Å². The number of nitrogens with one attached hydrogen (secondary N) is 1. The lowest BCUT2D eigenvalue weighted by atomic mass is 9.76. The molecular formula is C17H21NOS. The highest BCUT2D eigenvalue weighted by atomic mass is 32.1. The van der Waals surface area contributed by atoms with E-state index in [0.29, 0.717) is 6.04 Å². The Hall–Kier alpha value is -1.32. The zero-order valence-corrected chi connectivity index (χ0v) is 12.7. The van der Waals surface area contributed by atoms with E-state index in [1.165, 1.54) is 23.3 Å². The molecule has 1 saturated carbocycles. The Balaban J connectivity index is 1.39. The van der Waals surface area contributed by atoms with Gasteiger partial charge in [-0.1, -0.05) is 18.2 Å². The van der Waals surface area contributed by atoms with E-state index < -0.39 is 0 Å². The number of ether oxygens (including phenoxy) is 1. The predicted molar refractivity (Wildman–Crippen MR) is 84.8 cm³/mol. The SMILES string of the molecule is COc1ccc(C2CC(NCCc3cccs3)C2)cc1. The zero-order valence-electron chi connectivity index (χ0n) is 11.8. The molecule has 3 heteroatoms. The van der Waals surface area contributed by atoms with Gasteiger partial charge in [-0.25, -0.2) is 0 Å². The zero-order chi connectivity index (χ0) is 13.8. The number of hydrogen-bond donors (Lipinski definition) is 1. The second-order valence-electron chi connectivity index (χ2n) is 5.42. The summed E-state index contributed by atoms with van der Waals surface area (Å²) < 4.78 is 5.20. The molecule has 0 saturated heterocycles. The normalized spacial score (nSPS) is 21.4. The molecule has 1 aliphatic rings. The summed E-state index contributed by atoms with van der Waals surface area (Å²) in [5, 5.41) is 5.81. The molecule has 0 unspecified atom stereocenters. The average Bonchev–Trinajstić information content (AvgIpc) is 2.95. The maximum Gasteiger partial charge on any atom is 0.118 e. The van der Waals surface area contributed by atoms with Crippen molar-refractivity contribution < 1.29 is 4.74 Å². The highest BCUT2D eigenvalue weighted by Gasteiger charge is 2.29. The van der Waals surface area contributed by atoms with Crippen LogP contribution in [-0.4, -0.2) is 19.7 Å². The molecular weight excluding hydrogens is 266 g/mol. The van der Waals surface area contributed by atoms with Crippen molar-refractivity contribution in [3.8, 4) is 5.75 Å². The van der Waals surface area contributed by atoms with Gasteiger partial charge in [0, 0.05) is 17.5 Å². The molecule has 0 aliphatic heterocycles. The molecule has 1 aliphatic carbocycles. The third-order valence-electron chi connectivity index (χ3n) is 4.11. The van der Waals surface area contributed by atoms with Crippen molar-refractivity contribution in [3.63, 3.8) is 0 Å². The van der Waals surface area contributed by atoms with Crippen LogP contribution in [0.1, 0.15) is 29.2 Å². The Bertz CT molecular complexity index is 514. The Morgan fingerprint density at radius 1 is 1.20 bits per heavy atom. The highest BCUT2D eigenvalue weighted by molar-refractivity contribution is 7.09. The minimum absolute atomic E-state index is 0.696. The first-order valence-corrected chi connectivity index (χ1v) is 8.13. The van der Waals surface area contributed by atoms with E-state index in [2.05, 4.69) is 47.1 Å². The van der Waals surface area contributed by atoms with Crippen molar-refractivity contribution in [1.82, 2.24) is 5.32 Å². The third kappa shape index (κ3) is 3.22. The lowest BCUT2D eigenvalue weighted by Gasteiger charge is -2.36. The van der Waals surface area contributed by atoms with E-state index in [9.17, 15) is 0 Å². The van der Waals surface area contributed by atoms with Gasteiger partial charge in [0.05, 0.1) is 7.11 Å². The maximum absolute atomic E-state index is 5.20. The Morgan fingerprint density at radius 3 is 2.65 bits per heavy atom. The van der Waals surface area contributed by atoms with Crippen LogP contribution in [-0.2, 0) is 6.42 Å². The second kappa shape index (κ2) is 6.42. The summed E-state index contributed by atoms with van der Waals surface area (Å²) >= 11 is 1.85. The van der Waals surface area contributed by atoms with Crippen molar-refractivity contribution in [2.75, 3.05) is 13.7 Å². The first-order chi connectivity index (χ1) is 9.85. The third-order valence-corrected chi connectivity index (χ3v) is 5.05. The fraction of sp³-hybridized carbons (Fsp3) is 0.412.